The lowest BCUT2D eigenvalue weighted by molar-refractivity contribution is 0.123. The topological polar surface area (TPSA) is 41.3 Å². The van der Waals surface area contributed by atoms with Crippen molar-refractivity contribution < 1.29 is 0 Å². The van der Waals surface area contributed by atoms with Gasteiger partial charge < -0.3 is 16.0 Å². The van der Waals surface area contributed by atoms with Crippen molar-refractivity contribution in [2.45, 2.75) is 24.8 Å². The normalized spacial score (nSPS) is 37.8. The summed E-state index contributed by atoms with van der Waals surface area (Å²) in [5.41, 5.74) is 6.33. The number of hydrogen-bond acceptors (Lipinski definition) is 3. The number of nitrogens with zero attached hydrogens (tertiary/aromatic N) is 1. The second-order valence-electron chi connectivity index (χ2n) is 4.27. The van der Waals surface area contributed by atoms with Gasteiger partial charge in [0, 0.05) is 18.6 Å². The Morgan fingerprint density at radius 2 is 2.17 bits per heavy atom. The van der Waals surface area contributed by atoms with E-state index in [1.54, 1.807) is 0 Å². The van der Waals surface area contributed by atoms with Gasteiger partial charge in [0.05, 0.1) is 0 Å². The first kappa shape index (κ1) is 8.48. The van der Waals surface area contributed by atoms with E-state index in [0.29, 0.717) is 0 Å². The third kappa shape index (κ3) is 1.79. The van der Waals surface area contributed by atoms with Gasteiger partial charge in [0.15, 0.2) is 0 Å². The zero-order chi connectivity index (χ0) is 8.44. The molecule has 0 bridgehead atoms. The lowest BCUT2D eigenvalue weighted by atomic mass is 9.90. The summed E-state index contributed by atoms with van der Waals surface area (Å²) in [4.78, 5) is 2.47. The molecule has 0 aromatic carbocycles. The van der Waals surface area contributed by atoms with Crippen molar-refractivity contribution in [3.05, 3.63) is 0 Å². The summed E-state index contributed by atoms with van der Waals surface area (Å²) in [6.45, 7) is 5.78. The van der Waals surface area contributed by atoms with Gasteiger partial charge in [-0.1, -0.05) is 0 Å². The Bertz CT molecular complexity index is 148. The van der Waals surface area contributed by atoms with E-state index < -0.39 is 0 Å². The standard InChI is InChI=1S/C9H19N3/c10-9(3-1-4-11-7-9)8-12-5-2-6-12/h11H,1-8,10H2. The largest absolute Gasteiger partial charge is 0.323 e. The van der Waals surface area contributed by atoms with Crippen molar-refractivity contribution >= 4 is 0 Å². The van der Waals surface area contributed by atoms with Crippen LogP contribution in [0, 0.1) is 0 Å². The van der Waals surface area contributed by atoms with Crippen LogP contribution in [0.5, 0.6) is 0 Å². The summed E-state index contributed by atoms with van der Waals surface area (Å²) < 4.78 is 0. The molecule has 70 valence electrons. The minimum atomic E-state index is 0.0681. The first-order valence-corrected chi connectivity index (χ1v) is 5.01. The SMILES string of the molecule is NC1(CN2CCC2)CCCNC1. The highest BCUT2D eigenvalue weighted by Gasteiger charge is 2.31. The summed E-state index contributed by atoms with van der Waals surface area (Å²) in [5, 5.41) is 3.38. The predicted octanol–water partition coefficient (Wildman–Crippen LogP) is -0.227. The van der Waals surface area contributed by atoms with E-state index >= 15 is 0 Å². The fraction of sp³-hybridized carbons (Fsp3) is 1.00. The molecule has 3 heteroatoms. The molecule has 3 nitrogen and oxygen atoms in total. The summed E-state index contributed by atoms with van der Waals surface area (Å²) in [7, 11) is 0. The monoisotopic (exact) mass is 169 g/mol. The third-order valence-electron chi connectivity index (χ3n) is 2.99. The average molecular weight is 169 g/mol. The molecule has 0 spiro atoms. The van der Waals surface area contributed by atoms with E-state index in [-0.39, 0.29) is 5.54 Å². The van der Waals surface area contributed by atoms with Crippen LogP contribution < -0.4 is 11.1 Å². The molecule has 2 aliphatic rings. The van der Waals surface area contributed by atoms with Crippen LogP contribution in [0.15, 0.2) is 0 Å². The zero-order valence-corrected chi connectivity index (χ0v) is 7.68. The zero-order valence-electron chi connectivity index (χ0n) is 7.68. The summed E-state index contributed by atoms with van der Waals surface area (Å²) in [6.07, 6.45) is 3.80. The van der Waals surface area contributed by atoms with Gasteiger partial charge in [0.25, 0.3) is 0 Å². The van der Waals surface area contributed by atoms with Gasteiger partial charge in [-0.15, -0.1) is 0 Å². The number of piperidine rings is 1. The molecule has 2 rings (SSSR count). The van der Waals surface area contributed by atoms with Gasteiger partial charge in [0.1, 0.15) is 0 Å². The van der Waals surface area contributed by atoms with Gasteiger partial charge >= 0.3 is 0 Å². The second kappa shape index (κ2) is 3.32. The molecule has 1 unspecified atom stereocenters. The van der Waals surface area contributed by atoms with Crippen LogP contribution in [0.4, 0.5) is 0 Å². The first-order chi connectivity index (χ1) is 5.79. The Balaban J connectivity index is 1.81. The molecule has 0 aliphatic carbocycles. The fourth-order valence-electron chi connectivity index (χ4n) is 2.11. The quantitative estimate of drug-likeness (QED) is 0.600. The van der Waals surface area contributed by atoms with Crippen LogP contribution in [0.2, 0.25) is 0 Å². The van der Waals surface area contributed by atoms with Crippen LogP contribution in [-0.2, 0) is 0 Å². The molecule has 2 heterocycles. The minimum absolute atomic E-state index is 0.0681. The molecular weight excluding hydrogens is 150 g/mol. The van der Waals surface area contributed by atoms with Crippen LogP contribution in [0.25, 0.3) is 0 Å². The highest BCUT2D eigenvalue weighted by Crippen LogP contribution is 2.17. The number of hydrogen-bond donors (Lipinski definition) is 2. The van der Waals surface area contributed by atoms with Gasteiger partial charge in [-0.05, 0) is 38.9 Å². The predicted molar refractivity (Wildman–Crippen MR) is 50.1 cm³/mol. The van der Waals surface area contributed by atoms with Crippen molar-refractivity contribution in [1.29, 1.82) is 0 Å². The van der Waals surface area contributed by atoms with Crippen molar-refractivity contribution in [1.82, 2.24) is 10.2 Å². The first-order valence-electron chi connectivity index (χ1n) is 5.01. The minimum Gasteiger partial charge on any atom is -0.323 e. The Morgan fingerprint density at radius 1 is 1.33 bits per heavy atom. The van der Waals surface area contributed by atoms with Crippen molar-refractivity contribution in [2.75, 3.05) is 32.7 Å². The molecule has 2 fully saturated rings. The smallest absolute Gasteiger partial charge is 0.0410 e. The molecule has 2 aliphatic heterocycles. The van der Waals surface area contributed by atoms with E-state index in [9.17, 15) is 0 Å². The van der Waals surface area contributed by atoms with Gasteiger partial charge in [0.2, 0.25) is 0 Å². The molecule has 0 saturated carbocycles. The number of rotatable bonds is 2. The molecule has 0 radical (unpaired) electrons. The van der Waals surface area contributed by atoms with E-state index in [4.69, 9.17) is 5.73 Å². The van der Waals surface area contributed by atoms with Gasteiger partial charge in [-0.25, -0.2) is 0 Å². The molecule has 12 heavy (non-hydrogen) atoms. The molecule has 0 aromatic heterocycles. The van der Waals surface area contributed by atoms with Crippen molar-refractivity contribution in [2.24, 2.45) is 5.73 Å². The highest BCUT2D eigenvalue weighted by molar-refractivity contribution is 4.94. The molecular formula is C9H19N3. The van der Waals surface area contributed by atoms with Crippen LogP contribution in [-0.4, -0.2) is 43.2 Å². The van der Waals surface area contributed by atoms with Gasteiger partial charge in [-0.2, -0.15) is 0 Å². The van der Waals surface area contributed by atoms with Crippen molar-refractivity contribution in [3.8, 4) is 0 Å². The highest BCUT2D eigenvalue weighted by atomic mass is 15.2. The summed E-state index contributed by atoms with van der Waals surface area (Å²) in [5.74, 6) is 0. The number of likely N-dealkylation sites (tertiary alicyclic amines) is 1. The molecule has 1 atom stereocenters. The lowest BCUT2D eigenvalue weighted by Crippen LogP contribution is -2.60. The Labute approximate surface area is 74.3 Å². The second-order valence-corrected chi connectivity index (χ2v) is 4.27. The van der Waals surface area contributed by atoms with Gasteiger partial charge in [-0.3, -0.25) is 0 Å². The Hall–Kier alpha value is -0.120. The van der Waals surface area contributed by atoms with Crippen LogP contribution in [0.1, 0.15) is 19.3 Å². The van der Waals surface area contributed by atoms with E-state index in [0.717, 1.165) is 19.6 Å². The van der Waals surface area contributed by atoms with Crippen LogP contribution in [0.3, 0.4) is 0 Å². The summed E-state index contributed by atoms with van der Waals surface area (Å²) >= 11 is 0. The van der Waals surface area contributed by atoms with E-state index in [1.165, 1.54) is 32.4 Å². The number of nitrogens with two attached hydrogens (primary N) is 1. The molecule has 0 amide bonds. The number of nitrogens with one attached hydrogen (secondary N) is 1. The maximum Gasteiger partial charge on any atom is 0.0410 e. The third-order valence-corrected chi connectivity index (χ3v) is 2.99. The molecule has 2 saturated heterocycles. The Morgan fingerprint density at radius 3 is 2.67 bits per heavy atom. The van der Waals surface area contributed by atoms with E-state index in [1.807, 2.05) is 0 Å². The average Bonchev–Trinajstić information content (AvgIpc) is 1.99. The fourth-order valence-corrected chi connectivity index (χ4v) is 2.11. The van der Waals surface area contributed by atoms with Crippen molar-refractivity contribution in [3.63, 3.8) is 0 Å². The Kier molecular flexibility index (Phi) is 2.35. The maximum absolute atomic E-state index is 6.27. The summed E-state index contributed by atoms with van der Waals surface area (Å²) in [6, 6.07) is 0. The van der Waals surface area contributed by atoms with Crippen LogP contribution >= 0.6 is 0 Å². The molecule has 3 N–H and O–H groups in total. The van der Waals surface area contributed by atoms with E-state index in [2.05, 4.69) is 10.2 Å². The maximum atomic E-state index is 6.27. The molecule has 0 aromatic rings. The lowest BCUT2D eigenvalue weighted by Gasteiger charge is -2.41.